The van der Waals surface area contributed by atoms with Crippen LogP contribution in [0.25, 0.3) is 0 Å². The first-order valence-electron chi connectivity index (χ1n) is 9.75. The molecule has 0 fully saturated rings. The molecule has 0 atom stereocenters. The molecule has 0 bridgehead atoms. The number of hydrogen-bond acceptors (Lipinski definition) is 0. The van der Waals surface area contributed by atoms with E-state index >= 15 is 0 Å². The van der Waals surface area contributed by atoms with Crippen molar-refractivity contribution in [3.05, 3.63) is 34.9 Å². The molecule has 0 N–H and O–H groups in total. The van der Waals surface area contributed by atoms with E-state index in [1.54, 1.807) is 0 Å². The van der Waals surface area contributed by atoms with Gasteiger partial charge in [0.1, 0.15) is 0 Å². The van der Waals surface area contributed by atoms with Crippen molar-refractivity contribution in [1.82, 2.24) is 0 Å². The molecule has 0 saturated carbocycles. The molecule has 0 nitrogen and oxygen atoms in total. The number of benzene rings is 1. The summed E-state index contributed by atoms with van der Waals surface area (Å²) in [6.07, 6.45) is 8.75. The summed E-state index contributed by atoms with van der Waals surface area (Å²) >= 11 is 0. The van der Waals surface area contributed by atoms with E-state index in [4.69, 9.17) is 0 Å². The Morgan fingerprint density at radius 2 is 0.955 bits per heavy atom. The van der Waals surface area contributed by atoms with Gasteiger partial charge in [0.15, 0.2) is 0 Å². The van der Waals surface area contributed by atoms with Crippen molar-refractivity contribution in [3.8, 4) is 0 Å². The molecule has 0 aliphatic rings. The van der Waals surface area contributed by atoms with Crippen molar-refractivity contribution in [2.75, 3.05) is 0 Å². The monoisotopic (exact) mass is 308 g/mol. The van der Waals surface area contributed by atoms with Gasteiger partial charge < -0.3 is 0 Å². The molecule has 22 heavy (non-hydrogen) atoms. The first-order valence-corrected chi connectivity index (χ1v) is 9.75. The minimum Gasteiger partial charge on any atom is -0.0683 e. The highest BCUT2D eigenvalue weighted by Gasteiger charge is 1.98. The van der Waals surface area contributed by atoms with E-state index < -0.39 is 0 Å². The Labute approximate surface area is 142 Å². The van der Waals surface area contributed by atoms with Crippen LogP contribution in [0.4, 0.5) is 0 Å². The van der Waals surface area contributed by atoms with E-state index in [2.05, 4.69) is 66.7 Å². The predicted octanol–water partition coefficient (Wildman–Crippen LogP) is 8.01. The summed E-state index contributed by atoms with van der Waals surface area (Å²) in [6.45, 7) is 19.4. The van der Waals surface area contributed by atoms with Crippen molar-refractivity contribution in [2.24, 2.45) is 0 Å². The van der Waals surface area contributed by atoms with Gasteiger partial charge >= 0.3 is 0 Å². The van der Waals surface area contributed by atoms with Crippen molar-refractivity contribution < 1.29 is 0 Å². The molecule has 1 rings (SSSR count). The lowest BCUT2D eigenvalue weighted by Gasteiger charge is -2.07. The number of hydrogen-bond donors (Lipinski definition) is 0. The zero-order valence-electron chi connectivity index (χ0n) is 17.2. The third kappa shape index (κ3) is 15.6. The second kappa shape index (κ2) is 22.5. The van der Waals surface area contributed by atoms with Crippen molar-refractivity contribution in [2.45, 2.75) is 107 Å². The molecular weight excluding hydrogens is 264 g/mol. The molecule has 0 heterocycles. The van der Waals surface area contributed by atoms with Crippen LogP contribution >= 0.6 is 0 Å². The van der Waals surface area contributed by atoms with Crippen LogP contribution in [0.3, 0.4) is 0 Å². The van der Waals surface area contributed by atoms with E-state index in [9.17, 15) is 0 Å². The fourth-order valence-electron chi connectivity index (χ4n) is 1.57. The van der Waals surface area contributed by atoms with Gasteiger partial charge in [0.2, 0.25) is 0 Å². The first kappa shape index (κ1) is 26.1. The van der Waals surface area contributed by atoms with Crippen LogP contribution in [0.5, 0.6) is 0 Å². The maximum absolute atomic E-state index is 2.35. The Balaban J connectivity index is -0.000000301. The normalized spacial score (nSPS) is 8.59. The molecule has 1 aromatic carbocycles. The average molecular weight is 309 g/mol. The Bertz CT molecular complexity index is 291. The van der Waals surface area contributed by atoms with Gasteiger partial charge in [0.25, 0.3) is 0 Å². The molecule has 0 aliphatic carbocycles. The molecule has 0 aromatic heterocycles. The zero-order chi connectivity index (χ0) is 17.8. The Morgan fingerprint density at radius 1 is 0.545 bits per heavy atom. The van der Waals surface area contributed by atoms with Gasteiger partial charge in [-0.2, -0.15) is 0 Å². The zero-order valence-corrected chi connectivity index (χ0v) is 17.2. The summed E-state index contributed by atoms with van der Waals surface area (Å²) in [5, 5.41) is 0. The molecule has 1 aromatic rings. The quantitative estimate of drug-likeness (QED) is 0.516. The maximum atomic E-state index is 2.35. The molecule has 0 radical (unpaired) electrons. The van der Waals surface area contributed by atoms with Gasteiger partial charge in [-0.05, 0) is 36.0 Å². The molecule has 0 unspecified atom stereocenters. The second-order valence-corrected chi connectivity index (χ2v) is 5.16. The highest BCUT2D eigenvalue weighted by atomic mass is 14.0. The number of unbranched alkanes of at least 4 members (excludes halogenated alkanes) is 2. The summed E-state index contributed by atoms with van der Waals surface area (Å²) in [5.41, 5.74) is 4.50. The van der Waals surface area contributed by atoms with Crippen LogP contribution in [0.15, 0.2) is 18.2 Å². The molecule has 132 valence electrons. The Kier molecular flexibility index (Phi) is 26.7. The van der Waals surface area contributed by atoms with E-state index in [1.807, 2.05) is 13.8 Å². The van der Waals surface area contributed by atoms with Gasteiger partial charge in [-0.25, -0.2) is 0 Å². The van der Waals surface area contributed by atoms with Crippen molar-refractivity contribution in [3.63, 3.8) is 0 Å². The molecule has 0 aliphatic heterocycles. The average Bonchev–Trinajstić information content (AvgIpc) is 2.62. The fourth-order valence-corrected chi connectivity index (χ4v) is 1.57. The van der Waals surface area contributed by atoms with E-state index in [0.717, 1.165) is 19.3 Å². The first-order chi connectivity index (χ1) is 10.6. The van der Waals surface area contributed by atoms with E-state index in [1.165, 1.54) is 42.4 Å². The highest BCUT2D eigenvalue weighted by molar-refractivity contribution is 5.32. The standard InChI is InChI=1S/C12H18.2C4H10.C2H6/c1-4-10-7-8-11(5-2)12(6-3)9-10;2*1-3-4-2;1-2/h7-9H,4-6H2,1-3H3;2*3-4H2,1-2H3;1-2H3. The number of rotatable bonds is 5. The van der Waals surface area contributed by atoms with Gasteiger partial charge in [0.05, 0.1) is 0 Å². The third-order valence-electron chi connectivity index (χ3n) is 3.44. The smallest absolute Gasteiger partial charge is 0.0305 e. The molecule has 0 amide bonds. The van der Waals surface area contributed by atoms with Crippen LogP contribution < -0.4 is 0 Å². The van der Waals surface area contributed by atoms with Gasteiger partial charge in [0, 0.05) is 0 Å². The lowest BCUT2D eigenvalue weighted by atomic mass is 9.99. The highest BCUT2D eigenvalue weighted by Crippen LogP contribution is 2.13. The second-order valence-electron chi connectivity index (χ2n) is 5.16. The van der Waals surface area contributed by atoms with Gasteiger partial charge in [-0.1, -0.05) is 106 Å². The van der Waals surface area contributed by atoms with Gasteiger partial charge in [-0.3, -0.25) is 0 Å². The summed E-state index contributed by atoms with van der Waals surface area (Å²) < 4.78 is 0. The van der Waals surface area contributed by atoms with Crippen LogP contribution in [0, 0.1) is 0 Å². The maximum Gasteiger partial charge on any atom is -0.0305 e. The van der Waals surface area contributed by atoms with Crippen LogP contribution in [-0.4, -0.2) is 0 Å². The lowest BCUT2D eigenvalue weighted by Crippen LogP contribution is -1.92. The van der Waals surface area contributed by atoms with E-state index in [-0.39, 0.29) is 0 Å². The molecule has 0 spiro atoms. The molecular formula is C22H44. The summed E-state index contributed by atoms with van der Waals surface area (Å²) in [5.74, 6) is 0. The van der Waals surface area contributed by atoms with Crippen LogP contribution in [0.1, 0.15) is 105 Å². The third-order valence-corrected chi connectivity index (χ3v) is 3.44. The van der Waals surface area contributed by atoms with Crippen molar-refractivity contribution >= 4 is 0 Å². The SMILES string of the molecule is CC.CCCC.CCCC.CCc1ccc(CC)c(CC)c1. The fraction of sp³-hybridized carbons (Fsp3) is 0.727. The van der Waals surface area contributed by atoms with Crippen LogP contribution in [-0.2, 0) is 19.3 Å². The Hall–Kier alpha value is -0.780. The predicted molar refractivity (Wildman–Crippen MR) is 107 cm³/mol. The molecule has 0 saturated heterocycles. The van der Waals surface area contributed by atoms with Crippen LogP contribution in [0.2, 0.25) is 0 Å². The topological polar surface area (TPSA) is 0 Å². The minimum absolute atomic E-state index is 1.15. The molecule has 0 heteroatoms. The van der Waals surface area contributed by atoms with E-state index in [0.29, 0.717) is 0 Å². The number of aryl methyl sites for hydroxylation is 3. The summed E-state index contributed by atoms with van der Waals surface area (Å²) in [4.78, 5) is 0. The Morgan fingerprint density at radius 3 is 1.23 bits per heavy atom. The largest absolute Gasteiger partial charge is 0.0683 e. The van der Waals surface area contributed by atoms with Crippen molar-refractivity contribution in [1.29, 1.82) is 0 Å². The summed E-state index contributed by atoms with van der Waals surface area (Å²) in [7, 11) is 0. The summed E-state index contributed by atoms with van der Waals surface area (Å²) in [6, 6.07) is 6.87. The lowest BCUT2D eigenvalue weighted by molar-refractivity contribution is 0.886. The minimum atomic E-state index is 1.15. The van der Waals surface area contributed by atoms with Gasteiger partial charge in [-0.15, -0.1) is 0 Å².